The van der Waals surface area contributed by atoms with Crippen LogP contribution in [0.1, 0.15) is 31.2 Å². The minimum absolute atomic E-state index is 0.0457. The van der Waals surface area contributed by atoms with Gasteiger partial charge < -0.3 is 24.5 Å². The normalized spacial score (nSPS) is 10.5. The zero-order valence-corrected chi connectivity index (χ0v) is 19.1. The number of rotatable bonds is 11. The van der Waals surface area contributed by atoms with Crippen molar-refractivity contribution in [2.75, 3.05) is 21.3 Å². The number of aromatic nitrogens is 2. The predicted octanol–water partition coefficient (Wildman–Crippen LogP) is 4.11. The van der Waals surface area contributed by atoms with Crippen molar-refractivity contribution in [3.63, 3.8) is 0 Å². The van der Waals surface area contributed by atoms with Gasteiger partial charge in [0.15, 0.2) is 0 Å². The first-order chi connectivity index (χ1) is 16.0. The molecule has 33 heavy (non-hydrogen) atoms. The number of H-pyrrole nitrogens is 1. The summed E-state index contributed by atoms with van der Waals surface area (Å²) in [6.45, 7) is 0.418. The van der Waals surface area contributed by atoms with Gasteiger partial charge in [0.2, 0.25) is 5.91 Å². The van der Waals surface area contributed by atoms with Crippen LogP contribution in [0.25, 0.3) is 22.6 Å². The van der Waals surface area contributed by atoms with Gasteiger partial charge in [0, 0.05) is 30.5 Å². The number of imidazole rings is 1. The number of nitrogens with zero attached hydrogens (tertiary/aromatic N) is 1. The molecule has 0 atom stereocenters. The Labute approximate surface area is 193 Å². The Morgan fingerprint density at radius 2 is 1.82 bits per heavy atom. The summed E-state index contributed by atoms with van der Waals surface area (Å²) in [6, 6.07) is 13.4. The molecule has 0 aliphatic heterocycles. The second-order valence-electron chi connectivity index (χ2n) is 7.47. The van der Waals surface area contributed by atoms with Crippen molar-refractivity contribution in [2.45, 2.75) is 32.2 Å². The fourth-order valence-corrected chi connectivity index (χ4v) is 3.40. The Kier molecular flexibility index (Phi) is 8.46. The average Bonchev–Trinajstić information content (AvgIpc) is 3.35. The van der Waals surface area contributed by atoms with Gasteiger partial charge in [-0.2, -0.15) is 0 Å². The standard InChI is InChI=1S/C25H29N3O5/c1-31-19-11-12-22(32-2)20(14-19)21-16-27-25(28-21)18-8-6-7-17(13-18)15-26-23(29)9-4-5-10-24(30)33-3/h6-8,11-14,16H,4-5,9-10,15H2,1-3H3,(H,26,29)(H,27,28). The molecule has 1 amide bonds. The largest absolute Gasteiger partial charge is 0.497 e. The Morgan fingerprint density at radius 1 is 1.00 bits per heavy atom. The van der Waals surface area contributed by atoms with Crippen LogP contribution in [0.3, 0.4) is 0 Å². The first-order valence-electron chi connectivity index (χ1n) is 10.7. The molecule has 8 heteroatoms. The summed E-state index contributed by atoms with van der Waals surface area (Å²) in [4.78, 5) is 31.1. The van der Waals surface area contributed by atoms with Crippen molar-refractivity contribution >= 4 is 11.9 Å². The van der Waals surface area contributed by atoms with E-state index in [4.69, 9.17) is 9.47 Å². The number of esters is 1. The second-order valence-corrected chi connectivity index (χ2v) is 7.47. The van der Waals surface area contributed by atoms with E-state index in [0.29, 0.717) is 43.8 Å². The summed E-state index contributed by atoms with van der Waals surface area (Å²) < 4.78 is 15.4. The summed E-state index contributed by atoms with van der Waals surface area (Å²) in [5, 5.41) is 2.92. The molecule has 0 bridgehead atoms. The van der Waals surface area contributed by atoms with Crippen molar-refractivity contribution in [1.29, 1.82) is 0 Å². The van der Waals surface area contributed by atoms with Crippen molar-refractivity contribution in [3.8, 4) is 34.1 Å². The maximum Gasteiger partial charge on any atom is 0.305 e. The van der Waals surface area contributed by atoms with E-state index < -0.39 is 0 Å². The van der Waals surface area contributed by atoms with E-state index in [-0.39, 0.29) is 11.9 Å². The molecule has 174 valence electrons. The van der Waals surface area contributed by atoms with Gasteiger partial charge >= 0.3 is 5.97 Å². The number of amides is 1. The number of hydrogen-bond acceptors (Lipinski definition) is 6. The van der Waals surface area contributed by atoms with Crippen molar-refractivity contribution in [2.24, 2.45) is 0 Å². The molecule has 0 aliphatic rings. The number of ether oxygens (including phenoxy) is 3. The molecule has 0 saturated carbocycles. The van der Waals surface area contributed by atoms with Crippen LogP contribution in [0.2, 0.25) is 0 Å². The molecule has 0 spiro atoms. The smallest absolute Gasteiger partial charge is 0.305 e. The van der Waals surface area contributed by atoms with Crippen LogP contribution in [0.15, 0.2) is 48.7 Å². The monoisotopic (exact) mass is 451 g/mol. The fraction of sp³-hybridized carbons (Fsp3) is 0.320. The average molecular weight is 452 g/mol. The number of carbonyl (C=O) groups excluding carboxylic acids is 2. The van der Waals surface area contributed by atoms with E-state index in [2.05, 4.69) is 20.0 Å². The van der Waals surface area contributed by atoms with Gasteiger partial charge in [-0.25, -0.2) is 4.98 Å². The van der Waals surface area contributed by atoms with Gasteiger partial charge in [-0.15, -0.1) is 0 Å². The Hall–Kier alpha value is -3.81. The molecule has 0 radical (unpaired) electrons. The zero-order chi connectivity index (χ0) is 23.6. The van der Waals surface area contributed by atoms with E-state index in [1.807, 2.05) is 42.5 Å². The molecule has 2 N–H and O–H groups in total. The third kappa shape index (κ3) is 6.58. The predicted molar refractivity (Wildman–Crippen MR) is 125 cm³/mol. The summed E-state index contributed by atoms with van der Waals surface area (Å²) in [7, 11) is 4.61. The zero-order valence-electron chi connectivity index (χ0n) is 19.1. The number of benzene rings is 2. The molecule has 0 aliphatic carbocycles. The minimum atomic E-state index is -0.252. The van der Waals surface area contributed by atoms with Crippen LogP contribution >= 0.6 is 0 Å². The quantitative estimate of drug-likeness (QED) is 0.336. The Morgan fingerprint density at radius 3 is 2.58 bits per heavy atom. The van der Waals surface area contributed by atoms with E-state index in [0.717, 1.165) is 28.1 Å². The van der Waals surface area contributed by atoms with Gasteiger partial charge in [-0.05, 0) is 42.7 Å². The number of methoxy groups -OCH3 is 3. The van der Waals surface area contributed by atoms with Crippen molar-refractivity contribution in [1.82, 2.24) is 15.3 Å². The van der Waals surface area contributed by atoms with Crippen LogP contribution in [-0.4, -0.2) is 43.2 Å². The third-order valence-electron chi connectivity index (χ3n) is 5.23. The maximum absolute atomic E-state index is 12.1. The lowest BCUT2D eigenvalue weighted by Crippen LogP contribution is -2.22. The van der Waals surface area contributed by atoms with Crippen LogP contribution < -0.4 is 14.8 Å². The summed E-state index contributed by atoms with van der Waals surface area (Å²) in [6.07, 6.45) is 3.74. The van der Waals surface area contributed by atoms with Crippen LogP contribution in [0.4, 0.5) is 0 Å². The molecular weight excluding hydrogens is 422 g/mol. The van der Waals surface area contributed by atoms with Gasteiger partial charge in [0.1, 0.15) is 17.3 Å². The first kappa shape index (κ1) is 23.8. The Balaban J connectivity index is 1.62. The number of nitrogens with one attached hydrogen (secondary N) is 2. The van der Waals surface area contributed by atoms with Gasteiger partial charge in [-0.1, -0.05) is 18.2 Å². The SMILES string of the molecule is COC(=O)CCCCC(=O)NCc1cccc(-c2ncc(-c3cc(OC)ccc3OC)[nH]2)c1. The lowest BCUT2D eigenvalue weighted by molar-refractivity contribution is -0.140. The molecule has 0 saturated heterocycles. The summed E-state index contributed by atoms with van der Waals surface area (Å²) in [5.74, 6) is 1.86. The molecule has 2 aromatic carbocycles. The molecular formula is C25H29N3O5. The molecule has 0 unspecified atom stereocenters. The molecule has 1 heterocycles. The van der Waals surface area contributed by atoms with Crippen LogP contribution in [0.5, 0.6) is 11.5 Å². The van der Waals surface area contributed by atoms with Gasteiger partial charge in [-0.3, -0.25) is 9.59 Å². The molecule has 3 rings (SSSR count). The lowest BCUT2D eigenvalue weighted by atomic mass is 10.1. The first-order valence-corrected chi connectivity index (χ1v) is 10.7. The van der Waals surface area contributed by atoms with Crippen LogP contribution in [-0.2, 0) is 20.9 Å². The number of aromatic amines is 1. The lowest BCUT2D eigenvalue weighted by Gasteiger charge is -2.09. The maximum atomic E-state index is 12.1. The summed E-state index contributed by atoms with van der Waals surface area (Å²) in [5.41, 5.74) is 3.54. The highest BCUT2D eigenvalue weighted by Crippen LogP contribution is 2.33. The van der Waals surface area contributed by atoms with E-state index >= 15 is 0 Å². The third-order valence-corrected chi connectivity index (χ3v) is 5.23. The highest BCUT2D eigenvalue weighted by Gasteiger charge is 2.12. The molecule has 3 aromatic rings. The molecule has 8 nitrogen and oxygen atoms in total. The number of unbranched alkanes of at least 4 members (excludes halogenated alkanes) is 1. The van der Waals surface area contributed by atoms with Crippen molar-refractivity contribution in [3.05, 3.63) is 54.2 Å². The van der Waals surface area contributed by atoms with E-state index in [1.165, 1.54) is 7.11 Å². The second kappa shape index (κ2) is 11.7. The van der Waals surface area contributed by atoms with Crippen molar-refractivity contribution < 1.29 is 23.8 Å². The fourth-order valence-electron chi connectivity index (χ4n) is 3.40. The van der Waals surface area contributed by atoms with E-state index in [1.54, 1.807) is 20.4 Å². The van der Waals surface area contributed by atoms with E-state index in [9.17, 15) is 9.59 Å². The number of carbonyl (C=O) groups is 2. The highest BCUT2D eigenvalue weighted by atomic mass is 16.5. The number of hydrogen-bond donors (Lipinski definition) is 2. The van der Waals surface area contributed by atoms with Gasteiger partial charge in [0.05, 0.1) is 33.2 Å². The molecule has 1 aromatic heterocycles. The molecule has 0 fully saturated rings. The highest BCUT2D eigenvalue weighted by molar-refractivity contribution is 5.76. The summed E-state index contributed by atoms with van der Waals surface area (Å²) >= 11 is 0. The Bertz CT molecular complexity index is 1090. The minimum Gasteiger partial charge on any atom is -0.497 e. The topological polar surface area (TPSA) is 103 Å². The van der Waals surface area contributed by atoms with Crippen LogP contribution in [0, 0.1) is 0 Å². The van der Waals surface area contributed by atoms with Gasteiger partial charge in [0.25, 0.3) is 0 Å².